The summed E-state index contributed by atoms with van der Waals surface area (Å²) < 4.78 is 35.4. The Bertz CT molecular complexity index is 1510. The number of hydrogen-bond acceptors (Lipinski definition) is 13. The number of carbonyl (C=O) groups is 4. The van der Waals surface area contributed by atoms with Crippen molar-refractivity contribution in [2.75, 3.05) is 34.5 Å². The number of ketones is 2. The average Bonchev–Trinajstić information content (AvgIpc) is 4.03. The first-order valence-corrected chi connectivity index (χ1v) is 21.4. The molecule has 58 heavy (non-hydrogen) atoms. The molecule has 14 nitrogen and oxygen atoms in total. The van der Waals surface area contributed by atoms with Crippen LogP contribution in [0, 0.1) is 29.6 Å². The maximum absolute atomic E-state index is 14.3. The Kier molecular flexibility index (Phi) is 16.3. The van der Waals surface area contributed by atoms with Gasteiger partial charge in [0, 0.05) is 52.0 Å². The fourth-order valence-electron chi connectivity index (χ4n) is 9.73. The molecular weight excluding hydrogens is 750 g/mol. The number of esters is 1. The molecule has 5 aliphatic rings. The van der Waals surface area contributed by atoms with Crippen molar-refractivity contribution in [1.82, 2.24) is 4.90 Å². The second-order valence-electron chi connectivity index (χ2n) is 17.9. The molecule has 15 atom stereocenters. The van der Waals surface area contributed by atoms with E-state index in [1.165, 1.54) is 19.1 Å². The summed E-state index contributed by atoms with van der Waals surface area (Å²) in [5.74, 6) is -7.68. The number of nitrogens with zero attached hydrogens (tertiary/aromatic N) is 1. The van der Waals surface area contributed by atoms with Gasteiger partial charge in [0.05, 0.1) is 43.2 Å². The molecule has 1 saturated carbocycles. The molecular formula is C44H69NO13. The van der Waals surface area contributed by atoms with Gasteiger partial charge in [-0.05, 0) is 95.5 Å². The van der Waals surface area contributed by atoms with E-state index in [2.05, 4.69) is 0 Å². The van der Waals surface area contributed by atoms with Gasteiger partial charge in [-0.2, -0.15) is 0 Å². The molecule has 3 N–H and O–H groups in total. The van der Waals surface area contributed by atoms with E-state index in [4.69, 9.17) is 28.4 Å². The molecule has 0 radical (unpaired) electrons. The van der Waals surface area contributed by atoms with Crippen LogP contribution in [-0.4, -0.2) is 139 Å². The maximum atomic E-state index is 14.3. The van der Waals surface area contributed by atoms with Gasteiger partial charge in [0.2, 0.25) is 5.79 Å². The molecule has 2 bridgehead atoms. The van der Waals surface area contributed by atoms with Crippen molar-refractivity contribution in [3.63, 3.8) is 0 Å². The van der Waals surface area contributed by atoms with Gasteiger partial charge in [-0.15, -0.1) is 0 Å². The number of rotatable bonds is 7. The number of fused-ring (bicyclic) bond motifs is 3. The summed E-state index contributed by atoms with van der Waals surface area (Å²) in [6.07, 6.45) is 3.41. The molecule has 1 amide bonds. The number of methoxy groups -OCH3 is 3. The average molecular weight is 820 g/mol. The van der Waals surface area contributed by atoms with Gasteiger partial charge in [-0.3, -0.25) is 14.4 Å². The predicted molar refractivity (Wildman–Crippen MR) is 212 cm³/mol. The maximum Gasteiger partial charge on any atom is 0.329 e. The van der Waals surface area contributed by atoms with E-state index in [1.54, 1.807) is 21.0 Å². The number of piperidine rings is 1. The minimum atomic E-state index is -2.51. The molecule has 0 aromatic heterocycles. The highest BCUT2D eigenvalue weighted by Gasteiger charge is 2.56. The Labute approximate surface area is 343 Å². The van der Waals surface area contributed by atoms with E-state index in [9.17, 15) is 34.5 Å². The summed E-state index contributed by atoms with van der Waals surface area (Å²) in [6, 6.07) is -1.14. The van der Waals surface area contributed by atoms with E-state index < -0.39 is 83.9 Å². The quantitative estimate of drug-likeness (QED) is 0.146. The van der Waals surface area contributed by atoms with Crippen molar-refractivity contribution in [2.24, 2.45) is 29.6 Å². The third-order valence-electron chi connectivity index (χ3n) is 13.4. The van der Waals surface area contributed by atoms with Crippen LogP contribution in [0.1, 0.15) is 105 Å². The van der Waals surface area contributed by atoms with Gasteiger partial charge in [0.1, 0.15) is 24.0 Å². The highest BCUT2D eigenvalue weighted by molar-refractivity contribution is 6.39. The molecule has 5 rings (SSSR count). The molecule has 4 heterocycles. The Morgan fingerprint density at radius 3 is 2.24 bits per heavy atom. The van der Waals surface area contributed by atoms with E-state index in [0.29, 0.717) is 63.5 Å². The Morgan fingerprint density at radius 1 is 0.914 bits per heavy atom. The molecule has 4 fully saturated rings. The lowest BCUT2D eigenvalue weighted by molar-refractivity contribution is -0.302. The smallest absolute Gasteiger partial charge is 0.329 e. The summed E-state index contributed by atoms with van der Waals surface area (Å²) in [6.45, 7) is 9.87. The standard InChI is InChI=1S/C44H69NO13/c1-24-15-25(2)17-37(54-7)40-38(55-8)19-27(4)44(52,58-40)41(49)42(50)45-14-10-9-11-32(45)43(51)57-39(26(3)18-29-12-13-33(46)36(20-29)53-6)28(5)34(47)22-35(48)30(16-24)21-31-23-56-31/h16,18,25,27-34,36-40,46-47,52H,9-15,17,19-23H2,1-8H3/b24-16+,26-18+/t25-,27+,28+,29-,30-,31?,32-,33+,34-,36+,37-,38-,39+,40+,44+/m0/s1. The third kappa shape index (κ3) is 11.0. The monoisotopic (exact) mass is 819 g/mol. The van der Waals surface area contributed by atoms with Crippen molar-refractivity contribution in [1.29, 1.82) is 0 Å². The van der Waals surface area contributed by atoms with Gasteiger partial charge >= 0.3 is 5.97 Å². The lowest BCUT2D eigenvalue weighted by atomic mass is 9.81. The highest BCUT2D eigenvalue weighted by atomic mass is 16.7. The molecule has 14 heteroatoms. The fraction of sp³-hybridized carbons (Fsp3) is 0.818. The predicted octanol–water partition coefficient (Wildman–Crippen LogP) is 3.85. The Balaban J connectivity index is 1.53. The second kappa shape index (κ2) is 20.3. The zero-order valence-corrected chi connectivity index (χ0v) is 35.8. The number of ether oxygens (including phenoxy) is 6. The molecule has 0 spiro atoms. The van der Waals surface area contributed by atoms with E-state index in [1.807, 2.05) is 32.9 Å². The van der Waals surface area contributed by atoms with Gasteiger partial charge in [-0.1, -0.05) is 38.5 Å². The Hall–Kier alpha value is -2.56. The first-order valence-electron chi connectivity index (χ1n) is 21.4. The molecule has 1 aliphatic carbocycles. The van der Waals surface area contributed by atoms with Crippen molar-refractivity contribution >= 4 is 23.4 Å². The SMILES string of the molecule is CO[C@H]1C[C@@H](C)C/C(C)=C/[C@@H](CC2CO2)C(=O)C[C@H](O)[C@@H](C)[C@@H](/C(C)=C/[C@@H]2CC[C@@H](O)[C@H](OC)C2)OC(=O)[C@@H]2CCCCN2C(=O)C(=O)[C@]2(O)O[C@H]1[C@@H](OC)C[C@H]2C. The number of hydrogen-bond donors (Lipinski definition) is 3. The van der Waals surface area contributed by atoms with Crippen molar-refractivity contribution in [2.45, 2.75) is 166 Å². The number of epoxide rings is 1. The number of carbonyl (C=O) groups excluding carboxylic acids is 4. The van der Waals surface area contributed by atoms with Crippen molar-refractivity contribution in [3.8, 4) is 0 Å². The van der Waals surface area contributed by atoms with Gasteiger partial charge in [-0.25, -0.2) is 4.79 Å². The van der Waals surface area contributed by atoms with Crippen LogP contribution in [0.5, 0.6) is 0 Å². The zero-order valence-electron chi connectivity index (χ0n) is 35.8. The van der Waals surface area contributed by atoms with Crippen LogP contribution in [0.25, 0.3) is 0 Å². The van der Waals surface area contributed by atoms with Crippen molar-refractivity contribution < 1.29 is 62.9 Å². The van der Waals surface area contributed by atoms with Gasteiger partial charge in [0.15, 0.2) is 0 Å². The minimum absolute atomic E-state index is 0.00978. The van der Waals surface area contributed by atoms with Crippen LogP contribution in [-0.2, 0) is 47.6 Å². The number of cyclic esters (lactones) is 1. The molecule has 0 aromatic rings. The lowest BCUT2D eigenvalue weighted by Crippen LogP contribution is -2.64. The van der Waals surface area contributed by atoms with Crippen molar-refractivity contribution in [3.05, 3.63) is 23.3 Å². The summed E-state index contributed by atoms with van der Waals surface area (Å²) >= 11 is 0. The van der Waals surface area contributed by atoms with E-state index in [-0.39, 0.29) is 55.6 Å². The normalized spacial score (nSPS) is 42.8. The third-order valence-corrected chi connectivity index (χ3v) is 13.4. The fourth-order valence-corrected chi connectivity index (χ4v) is 9.73. The van der Waals surface area contributed by atoms with Crippen LogP contribution in [0.15, 0.2) is 23.3 Å². The molecule has 0 aromatic carbocycles. The first kappa shape index (κ1) is 46.5. The topological polar surface area (TPSA) is 191 Å². The summed E-state index contributed by atoms with van der Waals surface area (Å²) in [4.78, 5) is 58.1. The molecule has 3 saturated heterocycles. The lowest BCUT2D eigenvalue weighted by Gasteiger charge is -2.47. The second-order valence-corrected chi connectivity index (χ2v) is 17.9. The summed E-state index contributed by atoms with van der Waals surface area (Å²) in [5.41, 5.74) is 1.63. The van der Waals surface area contributed by atoms with Gasteiger partial charge in [0.25, 0.3) is 11.7 Å². The minimum Gasteiger partial charge on any atom is -0.456 e. The Morgan fingerprint density at radius 2 is 1.59 bits per heavy atom. The molecule has 1 unspecified atom stereocenters. The molecule has 328 valence electrons. The summed E-state index contributed by atoms with van der Waals surface area (Å²) in [5, 5.41) is 34.3. The van der Waals surface area contributed by atoms with Crippen LogP contribution in [0.3, 0.4) is 0 Å². The number of Topliss-reactive ketones (excluding diaryl/α,β-unsaturated/α-hetero) is 2. The van der Waals surface area contributed by atoms with Crippen LogP contribution >= 0.6 is 0 Å². The number of allylic oxidation sites excluding steroid dienone is 3. The summed E-state index contributed by atoms with van der Waals surface area (Å²) in [7, 11) is 4.62. The highest BCUT2D eigenvalue weighted by Crippen LogP contribution is 2.39. The zero-order chi connectivity index (χ0) is 42.5. The van der Waals surface area contributed by atoms with Crippen LogP contribution < -0.4 is 0 Å². The number of aliphatic hydroxyl groups is 3. The van der Waals surface area contributed by atoms with E-state index in [0.717, 1.165) is 5.57 Å². The molecule has 4 aliphatic heterocycles. The van der Waals surface area contributed by atoms with Gasteiger partial charge < -0.3 is 48.6 Å². The number of amides is 1. The first-order chi connectivity index (χ1) is 27.5. The largest absolute Gasteiger partial charge is 0.456 e. The van der Waals surface area contributed by atoms with Crippen LogP contribution in [0.2, 0.25) is 0 Å². The number of aliphatic hydroxyl groups excluding tert-OH is 2. The van der Waals surface area contributed by atoms with E-state index >= 15 is 0 Å². The van der Waals surface area contributed by atoms with Crippen LogP contribution in [0.4, 0.5) is 0 Å².